The van der Waals surface area contributed by atoms with Crippen LogP contribution < -0.4 is 5.73 Å². The van der Waals surface area contributed by atoms with Crippen LogP contribution in [0.4, 0.5) is 0 Å². The SMILES string of the molecule is N=C(N)c1cccc(C(=O)CCCl)c1O. The van der Waals surface area contributed by atoms with Crippen LogP contribution in [0.2, 0.25) is 0 Å². The van der Waals surface area contributed by atoms with E-state index in [0.29, 0.717) is 0 Å². The number of hydrogen-bond acceptors (Lipinski definition) is 3. The molecule has 0 fully saturated rings. The molecule has 1 aromatic rings. The second kappa shape index (κ2) is 4.79. The maximum Gasteiger partial charge on any atom is 0.167 e. The Hall–Kier alpha value is -1.55. The second-order valence-electron chi connectivity index (χ2n) is 2.98. The Morgan fingerprint density at radius 1 is 1.47 bits per heavy atom. The topological polar surface area (TPSA) is 87.2 Å². The maximum atomic E-state index is 11.5. The molecule has 0 aromatic heterocycles. The highest BCUT2D eigenvalue weighted by Gasteiger charge is 2.14. The van der Waals surface area contributed by atoms with Gasteiger partial charge in [0, 0.05) is 12.3 Å². The number of nitrogens with two attached hydrogens (primary N) is 1. The average Bonchev–Trinajstić information content (AvgIpc) is 2.17. The van der Waals surface area contributed by atoms with Crippen LogP contribution in [0.3, 0.4) is 0 Å². The molecule has 0 aliphatic rings. The van der Waals surface area contributed by atoms with Crippen LogP contribution in [0.1, 0.15) is 22.3 Å². The van der Waals surface area contributed by atoms with E-state index in [-0.39, 0.29) is 40.8 Å². The summed E-state index contributed by atoms with van der Waals surface area (Å²) >= 11 is 5.43. The summed E-state index contributed by atoms with van der Waals surface area (Å²) in [6.45, 7) is 0. The van der Waals surface area contributed by atoms with Crippen LogP contribution in [-0.2, 0) is 0 Å². The maximum absolute atomic E-state index is 11.5. The zero-order valence-corrected chi connectivity index (χ0v) is 8.71. The Morgan fingerprint density at radius 2 is 2.07 bits per heavy atom. The van der Waals surface area contributed by atoms with Crippen LogP contribution in [-0.4, -0.2) is 22.6 Å². The molecule has 0 radical (unpaired) electrons. The van der Waals surface area contributed by atoms with Crippen molar-refractivity contribution in [2.45, 2.75) is 6.42 Å². The summed E-state index contributed by atoms with van der Waals surface area (Å²) in [4.78, 5) is 11.5. The van der Waals surface area contributed by atoms with E-state index >= 15 is 0 Å². The largest absolute Gasteiger partial charge is 0.506 e. The number of ketones is 1. The molecule has 1 rings (SSSR count). The van der Waals surface area contributed by atoms with Crippen LogP contribution in [0.15, 0.2) is 18.2 Å². The van der Waals surface area contributed by atoms with E-state index in [4.69, 9.17) is 22.7 Å². The lowest BCUT2D eigenvalue weighted by atomic mass is 10.0. The summed E-state index contributed by atoms with van der Waals surface area (Å²) in [5.41, 5.74) is 5.56. The summed E-state index contributed by atoms with van der Waals surface area (Å²) in [5.74, 6) is -0.582. The number of para-hydroxylation sites is 1. The number of nitrogen functional groups attached to an aromatic ring is 1. The van der Waals surface area contributed by atoms with Crippen molar-refractivity contribution < 1.29 is 9.90 Å². The van der Waals surface area contributed by atoms with Gasteiger partial charge in [0.25, 0.3) is 0 Å². The summed E-state index contributed by atoms with van der Waals surface area (Å²) in [6.07, 6.45) is 0.149. The molecular weight excluding hydrogens is 216 g/mol. The molecule has 5 heteroatoms. The Bertz CT molecular complexity index is 404. The van der Waals surface area contributed by atoms with Gasteiger partial charge in [-0.1, -0.05) is 6.07 Å². The van der Waals surface area contributed by atoms with E-state index < -0.39 is 0 Å². The van der Waals surface area contributed by atoms with Gasteiger partial charge in [-0.05, 0) is 12.1 Å². The van der Waals surface area contributed by atoms with E-state index in [1.54, 1.807) is 6.07 Å². The van der Waals surface area contributed by atoms with Crippen molar-refractivity contribution in [3.05, 3.63) is 29.3 Å². The van der Waals surface area contributed by atoms with E-state index in [2.05, 4.69) is 0 Å². The van der Waals surface area contributed by atoms with Gasteiger partial charge < -0.3 is 10.8 Å². The molecule has 1 aromatic carbocycles. The fourth-order valence-corrected chi connectivity index (χ4v) is 1.38. The molecule has 0 bridgehead atoms. The minimum absolute atomic E-state index is 0.149. The normalized spacial score (nSPS) is 9.93. The molecule has 0 saturated carbocycles. The van der Waals surface area contributed by atoms with Crippen LogP contribution in [0.5, 0.6) is 5.75 Å². The number of halogens is 1. The molecule has 0 saturated heterocycles. The number of aromatic hydroxyl groups is 1. The molecule has 4 N–H and O–H groups in total. The number of phenols is 1. The van der Waals surface area contributed by atoms with Crippen LogP contribution in [0.25, 0.3) is 0 Å². The summed E-state index contributed by atoms with van der Waals surface area (Å²) in [5, 5.41) is 16.9. The fourth-order valence-electron chi connectivity index (χ4n) is 1.21. The van der Waals surface area contributed by atoms with Crippen molar-refractivity contribution in [2.75, 3.05) is 5.88 Å². The van der Waals surface area contributed by atoms with Gasteiger partial charge in [0.2, 0.25) is 0 Å². The number of Topliss-reactive ketones (excluding diaryl/α,β-unsaturated/α-hetero) is 1. The molecular formula is C10H11ClN2O2. The number of benzene rings is 1. The third kappa shape index (κ3) is 2.47. The Balaban J connectivity index is 3.15. The van der Waals surface area contributed by atoms with Crippen molar-refractivity contribution in [3.8, 4) is 5.75 Å². The molecule has 15 heavy (non-hydrogen) atoms. The van der Waals surface area contributed by atoms with Crippen molar-refractivity contribution >= 4 is 23.2 Å². The van der Waals surface area contributed by atoms with Gasteiger partial charge in [0.15, 0.2) is 5.78 Å². The zero-order chi connectivity index (χ0) is 11.4. The van der Waals surface area contributed by atoms with E-state index in [1.165, 1.54) is 12.1 Å². The van der Waals surface area contributed by atoms with Crippen molar-refractivity contribution in [1.29, 1.82) is 5.41 Å². The number of carbonyl (C=O) groups excluding carboxylic acids is 1. The summed E-state index contributed by atoms with van der Waals surface area (Å²) in [6, 6.07) is 4.53. The minimum Gasteiger partial charge on any atom is -0.506 e. The van der Waals surface area contributed by atoms with Crippen molar-refractivity contribution in [3.63, 3.8) is 0 Å². The van der Waals surface area contributed by atoms with Crippen molar-refractivity contribution in [2.24, 2.45) is 5.73 Å². The first-order chi connectivity index (χ1) is 7.07. The molecule has 0 atom stereocenters. The summed E-state index contributed by atoms with van der Waals surface area (Å²) < 4.78 is 0. The third-order valence-corrected chi connectivity index (χ3v) is 2.14. The number of alkyl halides is 1. The van der Waals surface area contributed by atoms with Gasteiger partial charge >= 0.3 is 0 Å². The number of amidine groups is 1. The quantitative estimate of drug-likeness (QED) is 0.315. The highest BCUT2D eigenvalue weighted by Crippen LogP contribution is 2.23. The Morgan fingerprint density at radius 3 is 2.60 bits per heavy atom. The number of hydrogen-bond donors (Lipinski definition) is 3. The lowest BCUT2D eigenvalue weighted by molar-refractivity contribution is 0.0986. The van der Waals surface area contributed by atoms with E-state index in [0.717, 1.165) is 0 Å². The number of phenolic OH excluding ortho intramolecular Hbond substituents is 1. The lowest BCUT2D eigenvalue weighted by Gasteiger charge is -2.06. The molecule has 4 nitrogen and oxygen atoms in total. The number of nitrogens with one attached hydrogen (secondary N) is 1. The molecule has 0 spiro atoms. The van der Waals surface area contributed by atoms with Crippen LogP contribution >= 0.6 is 11.6 Å². The molecule has 0 aliphatic heterocycles. The molecule has 80 valence electrons. The highest BCUT2D eigenvalue weighted by molar-refractivity contribution is 6.19. The van der Waals surface area contributed by atoms with Gasteiger partial charge in [-0.25, -0.2) is 0 Å². The smallest absolute Gasteiger partial charge is 0.167 e. The molecule has 0 aliphatic carbocycles. The zero-order valence-electron chi connectivity index (χ0n) is 7.96. The first-order valence-electron chi connectivity index (χ1n) is 4.33. The average molecular weight is 227 g/mol. The predicted octanol–water partition coefficient (Wildman–Crippen LogP) is 1.49. The Labute approximate surface area is 92.2 Å². The van der Waals surface area contributed by atoms with Gasteiger partial charge in [-0.2, -0.15) is 0 Å². The second-order valence-corrected chi connectivity index (χ2v) is 3.36. The third-order valence-electron chi connectivity index (χ3n) is 1.95. The monoisotopic (exact) mass is 226 g/mol. The van der Waals surface area contributed by atoms with Gasteiger partial charge in [0.1, 0.15) is 11.6 Å². The first-order valence-corrected chi connectivity index (χ1v) is 4.87. The van der Waals surface area contributed by atoms with Gasteiger partial charge in [-0.3, -0.25) is 10.2 Å². The lowest BCUT2D eigenvalue weighted by Crippen LogP contribution is -2.12. The fraction of sp³-hybridized carbons (Fsp3) is 0.200. The van der Waals surface area contributed by atoms with E-state index in [9.17, 15) is 9.90 Å². The van der Waals surface area contributed by atoms with Gasteiger partial charge in [-0.15, -0.1) is 11.6 Å². The standard InChI is InChI=1S/C10H11ClN2O2/c11-5-4-8(14)6-2-1-3-7(9(6)15)10(12)13/h1-3,15H,4-5H2,(H3,12,13). The summed E-state index contributed by atoms with van der Waals surface area (Å²) in [7, 11) is 0. The van der Waals surface area contributed by atoms with E-state index in [1.807, 2.05) is 0 Å². The Kier molecular flexibility index (Phi) is 3.68. The number of rotatable bonds is 4. The molecule has 0 unspecified atom stereocenters. The minimum atomic E-state index is -0.270. The predicted molar refractivity (Wildman–Crippen MR) is 58.8 cm³/mol. The van der Waals surface area contributed by atoms with Gasteiger partial charge in [0.05, 0.1) is 11.1 Å². The highest BCUT2D eigenvalue weighted by atomic mass is 35.5. The number of carbonyl (C=O) groups is 1. The molecule has 0 amide bonds. The first kappa shape index (κ1) is 11.5. The molecule has 0 heterocycles. The van der Waals surface area contributed by atoms with Crippen LogP contribution in [0, 0.1) is 5.41 Å². The van der Waals surface area contributed by atoms with Crippen molar-refractivity contribution in [1.82, 2.24) is 0 Å².